The molecule has 0 aliphatic rings. The number of nitrogens with one attached hydrogen (secondary N) is 1. The summed E-state index contributed by atoms with van der Waals surface area (Å²) in [4.78, 5) is 1.22. The Balaban J connectivity index is 2.54. The number of methoxy groups -OCH3 is 2. The van der Waals surface area contributed by atoms with Gasteiger partial charge in [0, 0.05) is 4.90 Å². The monoisotopic (exact) mass is 241 g/mol. The number of rotatable bonds is 7. The largest absolute Gasteiger partial charge is 0.493 e. The Hall–Kier alpha value is -0.870. The zero-order chi connectivity index (χ0) is 11.8. The molecule has 90 valence electrons. The number of ether oxygens (including phenoxy) is 2. The molecule has 0 saturated carbocycles. The van der Waals surface area contributed by atoms with E-state index < -0.39 is 0 Å². The normalized spacial score (nSPS) is 10.2. The molecular formula is C12H19NO2S. The van der Waals surface area contributed by atoms with Crippen LogP contribution in [0.15, 0.2) is 23.1 Å². The molecule has 0 radical (unpaired) electrons. The summed E-state index contributed by atoms with van der Waals surface area (Å²) in [5.74, 6) is 2.68. The molecule has 1 N–H and O–H groups in total. The standard InChI is InChI=1S/C12H19NO2S/c1-13-7-4-8-16-10-5-6-11(14-2)12(9-10)15-3/h5-6,9,13H,4,7-8H2,1-3H3. The van der Waals surface area contributed by atoms with Gasteiger partial charge in [0.2, 0.25) is 0 Å². The number of benzene rings is 1. The summed E-state index contributed by atoms with van der Waals surface area (Å²) >= 11 is 1.83. The maximum atomic E-state index is 5.25. The third-order valence-electron chi connectivity index (χ3n) is 2.19. The molecule has 0 aliphatic heterocycles. The van der Waals surface area contributed by atoms with Crippen LogP contribution in [0.1, 0.15) is 6.42 Å². The van der Waals surface area contributed by atoms with E-state index in [1.807, 2.05) is 30.9 Å². The Labute approximate surface area is 102 Å². The predicted molar refractivity (Wildman–Crippen MR) is 68.8 cm³/mol. The van der Waals surface area contributed by atoms with Gasteiger partial charge in [0.25, 0.3) is 0 Å². The van der Waals surface area contributed by atoms with Crippen LogP contribution in [-0.4, -0.2) is 33.6 Å². The summed E-state index contributed by atoms with van der Waals surface area (Å²) < 4.78 is 10.4. The Bertz CT molecular complexity index is 318. The van der Waals surface area contributed by atoms with Gasteiger partial charge in [-0.05, 0) is 44.0 Å². The molecule has 1 rings (SSSR count). The lowest BCUT2D eigenvalue weighted by Crippen LogP contribution is -2.07. The SMILES string of the molecule is CNCCCSc1ccc(OC)c(OC)c1. The molecule has 1 aromatic carbocycles. The second kappa shape index (κ2) is 7.41. The Morgan fingerprint density at radius 1 is 1.19 bits per heavy atom. The molecule has 1 aromatic rings. The molecule has 0 aliphatic carbocycles. The van der Waals surface area contributed by atoms with Crippen LogP contribution in [0.25, 0.3) is 0 Å². The maximum absolute atomic E-state index is 5.25. The molecule has 3 nitrogen and oxygen atoms in total. The highest BCUT2D eigenvalue weighted by atomic mass is 32.2. The van der Waals surface area contributed by atoms with Crippen molar-refractivity contribution in [2.75, 3.05) is 33.6 Å². The van der Waals surface area contributed by atoms with E-state index in [4.69, 9.17) is 9.47 Å². The molecule has 0 amide bonds. The molecular weight excluding hydrogens is 222 g/mol. The molecule has 0 saturated heterocycles. The number of thioether (sulfide) groups is 1. The van der Waals surface area contributed by atoms with Gasteiger partial charge in [-0.15, -0.1) is 11.8 Å². The van der Waals surface area contributed by atoms with Crippen molar-refractivity contribution in [2.45, 2.75) is 11.3 Å². The summed E-state index contributed by atoms with van der Waals surface area (Å²) in [6.45, 7) is 1.06. The van der Waals surface area contributed by atoms with Crippen molar-refractivity contribution in [1.82, 2.24) is 5.32 Å². The van der Waals surface area contributed by atoms with Gasteiger partial charge in [-0.1, -0.05) is 0 Å². The lowest BCUT2D eigenvalue weighted by Gasteiger charge is -2.09. The minimum absolute atomic E-state index is 0.780. The van der Waals surface area contributed by atoms with Crippen LogP contribution in [0.3, 0.4) is 0 Å². The average Bonchev–Trinajstić information content (AvgIpc) is 2.34. The summed E-state index contributed by atoms with van der Waals surface area (Å²) in [7, 11) is 5.28. The van der Waals surface area contributed by atoms with E-state index in [-0.39, 0.29) is 0 Å². The van der Waals surface area contributed by atoms with Crippen LogP contribution in [0, 0.1) is 0 Å². The van der Waals surface area contributed by atoms with Crippen molar-refractivity contribution in [3.05, 3.63) is 18.2 Å². The van der Waals surface area contributed by atoms with E-state index >= 15 is 0 Å². The summed E-state index contributed by atoms with van der Waals surface area (Å²) in [6.07, 6.45) is 1.16. The first-order valence-corrected chi connectivity index (χ1v) is 6.29. The van der Waals surface area contributed by atoms with Crippen molar-refractivity contribution >= 4 is 11.8 Å². The Morgan fingerprint density at radius 2 is 1.94 bits per heavy atom. The van der Waals surface area contributed by atoms with Crippen LogP contribution in [0.2, 0.25) is 0 Å². The van der Waals surface area contributed by atoms with Gasteiger partial charge in [-0.2, -0.15) is 0 Å². The van der Waals surface area contributed by atoms with E-state index in [0.717, 1.165) is 30.2 Å². The minimum atomic E-state index is 0.780. The Morgan fingerprint density at radius 3 is 2.56 bits per heavy atom. The van der Waals surface area contributed by atoms with E-state index in [0.29, 0.717) is 0 Å². The third kappa shape index (κ3) is 3.94. The molecule has 0 fully saturated rings. The zero-order valence-electron chi connectivity index (χ0n) is 10.1. The van der Waals surface area contributed by atoms with Gasteiger partial charge in [-0.3, -0.25) is 0 Å². The number of hydrogen-bond donors (Lipinski definition) is 1. The lowest BCUT2D eigenvalue weighted by molar-refractivity contribution is 0.354. The average molecular weight is 241 g/mol. The topological polar surface area (TPSA) is 30.5 Å². The molecule has 0 aromatic heterocycles. The molecule has 0 atom stereocenters. The highest BCUT2D eigenvalue weighted by molar-refractivity contribution is 7.99. The predicted octanol–water partition coefficient (Wildman–Crippen LogP) is 2.41. The maximum Gasteiger partial charge on any atom is 0.161 e. The highest BCUT2D eigenvalue weighted by Crippen LogP contribution is 2.31. The third-order valence-corrected chi connectivity index (χ3v) is 3.27. The molecule has 0 spiro atoms. The second-order valence-electron chi connectivity index (χ2n) is 3.32. The fourth-order valence-electron chi connectivity index (χ4n) is 1.35. The first-order chi connectivity index (χ1) is 7.81. The fraction of sp³-hybridized carbons (Fsp3) is 0.500. The summed E-state index contributed by atoms with van der Waals surface area (Å²) in [5, 5.41) is 3.14. The smallest absolute Gasteiger partial charge is 0.161 e. The van der Waals surface area contributed by atoms with E-state index in [2.05, 4.69) is 11.4 Å². The second-order valence-corrected chi connectivity index (χ2v) is 4.49. The van der Waals surface area contributed by atoms with Gasteiger partial charge >= 0.3 is 0 Å². The van der Waals surface area contributed by atoms with E-state index in [9.17, 15) is 0 Å². The van der Waals surface area contributed by atoms with Crippen molar-refractivity contribution in [3.8, 4) is 11.5 Å². The van der Waals surface area contributed by atoms with Crippen molar-refractivity contribution in [1.29, 1.82) is 0 Å². The lowest BCUT2D eigenvalue weighted by atomic mass is 10.3. The molecule has 16 heavy (non-hydrogen) atoms. The van der Waals surface area contributed by atoms with Crippen LogP contribution < -0.4 is 14.8 Å². The molecule has 0 bridgehead atoms. The van der Waals surface area contributed by atoms with Gasteiger partial charge < -0.3 is 14.8 Å². The van der Waals surface area contributed by atoms with Crippen molar-refractivity contribution < 1.29 is 9.47 Å². The quantitative estimate of drug-likeness (QED) is 0.586. The Kier molecular flexibility index (Phi) is 6.11. The minimum Gasteiger partial charge on any atom is -0.493 e. The summed E-state index contributed by atoms with van der Waals surface area (Å²) in [5.41, 5.74) is 0. The number of hydrogen-bond acceptors (Lipinski definition) is 4. The zero-order valence-corrected chi connectivity index (χ0v) is 10.9. The first kappa shape index (κ1) is 13.2. The van der Waals surface area contributed by atoms with Gasteiger partial charge in [0.15, 0.2) is 11.5 Å². The summed E-state index contributed by atoms with van der Waals surface area (Å²) in [6, 6.07) is 6.02. The van der Waals surface area contributed by atoms with Gasteiger partial charge in [0.1, 0.15) is 0 Å². The first-order valence-electron chi connectivity index (χ1n) is 5.31. The van der Waals surface area contributed by atoms with Crippen LogP contribution in [-0.2, 0) is 0 Å². The van der Waals surface area contributed by atoms with E-state index in [1.165, 1.54) is 4.90 Å². The molecule has 0 heterocycles. The fourth-order valence-corrected chi connectivity index (χ4v) is 2.22. The van der Waals surface area contributed by atoms with Crippen LogP contribution >= 0.6 is 11.8 Å². The van der Waals surface area contributed by atoms with Crippen molar-refractivity contribution in [3.63, 3.8) is 0 Å². The molecule has 4 heteroatoms. The van der Waals surface area contributed by atoms with E-state index in [1.54, 1.807) is 14.2 Å². The van der Waals surface area contributed by atoms with Gasteiger partial charge in [0.05, 0.1) is 14.2 Å². The van der Waals surface area contributed by atoms with Gasteiger partial charge in [-0.25, -0.2) is 0 Å². The van der Waals surface area contributed by atoms with Crippen LogP contribution in [0.5, 0.6) is 11.5 Å². The highest BCUT2D eigenvalue weighted by Gasteiger charge is 2.04. The molecule has 0 unspecified atom stereocenters. The van der Waals surface area contributed by atoms with Crippen LogP contribution in [0.4, 0.5) is 0 Å². The van der Waals surface area contributed by atoms with Crippen molar-refractivity contribution in [2.24, 2.45) is 0 Å².